The summed E-state index contributed by atoms with van der Waals surface area (Å²) in [6.07, 6.45) is 6.41. The van der Waals surface area contributed by atoms with Crippen LogP contribution in [0, 0.1) is 0 Å². The maximum absolute atomic E-state index is 6.47. The molecule has 1 aliphatic rings. The van der Waals surface area contributed by atoms with Gasteiger partial charge in [-0.25, -0.2) is 9.97 Å². The van der Waals surface area contributed by atoms with E-state index in [9.17, 15) is 0 Å². The number of hydrogen-bond acceptors (Lipinski definition) is 5. The lowest BCUT2D eigenvalue weighted by molar-refractivity contribution is 0.669. The summed E-state index contributed by atoms with van der Waals surface area (Å²) < 4.78 is 26.5. The van der Waals surface area contributed by atoms with Gasteiger partial charge in [0, 0.05) is 92.7 Å². The Kier molecular flexibility index (Phi) is 9.68. The summed E-state index contributed by atoms with van der Waals surface area (Å²) in [5.74, 6) is 0.676. The first-order valence-corrected chi connectivity index (χ1v) is 30.1. The Hall–Kier alpha value is -11.7. The van der Waals surface area contributed by atoms with Gasteiger partial charge in [-0.05, 0) is 157 Å². The molecule has 0 spiro atoms. The molecule has 0 radical (unpaired) electrons. The SMILES string of the molecule is C1=C(c2nc(-c3ccc(-n4c5ccccc5c5cc6oc7ccccc7c6cc54)cc3)nc3ccc(-c4ccc(-n5c6ccccc6c6cc7oc8ccccc8c7cc65)cc4)cc23)CCC=C1n1c2ccccc2c2cc3oc4ccccc4c3cc21. The molecule has 0 saturated carbocycles. The van der Waals surface area contributed by atoms with E-state index in [4.69, 9.17) is 23.2 Å². The summed E-state index contributed by atoms with van der Waals surface area (Å²) in [5.41, 5.74) is 21.5. The van der Waals surface area contributed by atoms with Crippen LogP contribution in [0.1, 0.15) is 18.5 Å². The van der Waals surface area contributed by atoms with Gasteiger partial charge in [0.1, 0.15) is 33.5 Å². The molecule has 0 atom stereocenters. The van der Waals surface area contributed by atoms with Gasteiger partial charge < -0.3 is 27.0 Å². The third kappa shape index (κ3) is 6.85. The van der Waals surface area contributed by atoms with Crippen LogP contribution >= 0.6 is 0 Å². The number of para-hydroxylation sites is 6. The van der Waals surface area contributed by atoms with Crippen LogP contribution in [0.25, 0.3) is 187 Å². The normalized spacial score (nSPS) is 13.3. The molecule has 8 heteroatoms. The minimum absolute atomic E-state index is 0.676. The first-order chi connectivity index (χ1) is 43.6. The third-order valence-corrected chi connectivity index (χ3v) is 18.7. The van der Waals surface area contributed by atoms with Crippen molar-refractivity contribution in [3.63, 3.8) is 0 Å². The fourth-order valence-corrected chi connectivity index (χ4v) is 14.7. The zero-order valence-electron chi connectivity index (χ0n) is 47.2. The van der Waals surface area contributed by atoms with E-state index in [2.05, 4.69) is 244 Å². The Morgan fingerprint density at radius 2 is 0.716 bits per heavy atom. The van der Waals surface area contributed by atoms with E-state index in [1.54, 1.807) is 0 Å². The lowest BCUT2D eigenvalue weighted by atomic mass is 9.95. The van der Waals surface area contributed by atoms with Gasteiger partial charge in [-0.2, -0.15) is 0 Å². The maximum atomic E-state index is 6.47. The van der Waals surface area contributed by atoms with Crippen molar-refractivity contribution in [2.24, 2.45) is 0 Å². The van der Waals surface area contributed by atoms with E-state index >= 15 is 0 Å². The van der Waals surface area contributed by atoms with Crippen molar-refractivity contribution in [2.75, 3.05) is 0 Å². The number of allylic oxidation sites excluding steroid dienone is 4. The Labute approximate surface area is 500 Å². The molecule has 0 fully saturated rings. The summed E-state index contributed by atoms with van der Waals surface area (Å²) in [6, 6.07) is 89.0. The third-order valence-electron chi connectivity index (χ3n) is 18.7. The van der Waals surface area contributed by atoms with Crippen LogP contribution in [0.15, 0.2) is 274 Å². The number of rotatable bonds is 6. The highest BCUT2D eigenvalue weighted by Crippen LogP contribution is 2.44. The predicted octanol–water partition coefficient (Wildman–Crippen LogP) is 21.7. The number of fused-ring (bicyclic) bond motifs is 19. The molecule has 12 aromatic carbocycles. The second-order valence-corrected chi connectivity index (χ2v) is 23.5. The minimum Gasteiger partial charge on any atom is -0.456 e. The lowest BCUT2D eigenvalue weighted by Crippen LogP contribution is -2.04. The average Bonchev–Trinajstić information content (AvgIpc) is 1.76. The van der Waals surface area contributed by atoms with Crippen LogP contribution in [0.2, 0.25) is 0 Å². The van der Waals surface area contributed by atoms with Crippen molar-refractivity contribution in [2.45, 2.75) is 12.8 Å². The van der Waals surface area contributed by atoms with E-state index in [1.165, 1.54) is 16.2 Å². The van der Waals surface area contributed by atoms with E-state index < -0.39 is 0 Å². The minimum atomic E-state index is 0.676. The zero-order chi connectivity index (χ0) is 57.3. The van der Waals surface area contributed by atoms with Crippen LogP contribution in [0.5, 0.6) is 0 Å². The van der Waals surface area contributed by atoms with Crippen molar-refractivity contribution < 1.29 is 13.3 Å². The molecule has 410 valence electrons. The van der Waals surface area contributed by atoms with Crippen molar-refractivity contribution in [1.82, 2.24) is 23.7 Å². The van der Waals surface area contributed by atoms with Crippen LogP contribution in [-0.2, 0) is 0 Å². The zero-order valence-corrected chi connectivity index (χ0v) is 47.2. The Morgan fingerprint density at radius 1 is 0.295 bits per heavy atom. The Balaban J connectivity index is 0.741. The average molecular weight is 1130 g/mol. The highest BCUT2D eigenvalue weighted by atomic mass is 16.3. The van der Waals surface area contributed by atoms with Crippen LogP contribution < -0.4 is 0 Å². The number of furan rings is 3. The predicted molar refractivity (Wildman–Crippen MR) is 362 cm³/mol. The van der Waals surface area contributed by atoms with Gasteiger partial charge in [0.2, 0.25) is 0 Å². The molecular formula is C80H47N5O3. The molecule has 0 aliphatic heterocycles. The number of nitrogens with zero attached hydrogens (tertiary/aromatic N) is 5. The summed E-state index contributed by atoms with van der Waals surface area (Å²) in [5, 5.41) is 14.7. The van der Waals surface area contributed by atoms with E-state index in [-0.39, 0.29) is 0 Å². The fourth-order valence-electron chi connectivity index (χ4n) is 14.7. The van der Waals surface area contributed by atoms with E-state index in [0.29, 0.717) is 5.82 Å². The molecule has 1 aliphatic carbocycles. The number of aromatic nitrogens is 5. The first kappa shape index (κ1) is 47.6. The smallest absolute Gasteiger partial charge is 0.160 e. The summed E-state index contributed by atoms with van der Waals surface area (Å²) in [4.78, 5) is 11.1. The molecule has 0 bridgehead atoms. The maximum Gasteiger partial charge on any atom is 0.160 e. The van der Waals surface area contributed by atoms with E-state index in [0.717, 1.165) is 184 Å². The molecule has 7 heterocycles. The first-order valence-electron chi connectivity index (χ1n) is 30.1. The molecule has 0 amide bonds. The molecule has 0 saturated heterocycles. The lowest BCUT2D eigenvalue weighted by Gasteiger charge is -2.19. The summed E-state index contributed by atoms with van der Waals surface area (Å²) >= 11 is 0. The number of benzene rings is 12. The highest BCUT2D eigenvalue weighted by molar-refractivity contribution is 6.20. The summed E-state index contributed by atoms with van der Waals surface area (Å²) in [7, 11) is 0. The van der Waals surface area contributed by atoms with Gasteiger partial charge in [0.15, 0.2) is 5.82 Å². The van der Waals surface area contributed by atoms with Crippen LogP contribution in [-0.4, -0.2) is 23.7 Å². The van der Waals surface area contributed by atoms with Gasteiger partial charge in [-0.15, -0.1) is 0 Å². The second kappa shape index (κ2) is 17.9. The van der Waals surface area contributed by atoms with Crippen LogP contribution in [0.3, 0.4) is 0 Å². The monoisotopic (exact) mass is 1130 g/mol. The number of hydrogen-bond donors (Lipinski definition) is 0. The highest BCUT2D eigenvalue weighted by Gasteiger charge is 2.24. The Bertz CT molecular complexity index is 6300. The molecule has 19 aromatic rings. The van der Waals surface area contributed by atoms with Gasteiger partial charge in [-0.1, -0.05) is 133 Å². The van der Waals surface area contributed by atoms with Crippen molar-refractivity contribution >= 4 is 153 Å². The molecule has 20 rings (SSSR count). The quantitative estimate of drug-likeness (QED) is 0.166. The topological polar surface area (TPSA) is 80.0 Å². The largest absolute Gasteiger partial charge is 0.456 e. The molecule has 7 aromatic heterocycles. The molecular weight excluding hydrogens is 1080 g/mol. The van der Waals surface area contributed by atoms with Gasteiger partial charge >= 0.3 is 0 Å². The van der Waals surface area contributed by atoms with E-state index in [1.807, 2.05) is 30.3 Å². The van der Waals surface area contributed by atoms with Crippen LogP contribution in [0.4, 0.5) is 0 Å². The van der Waals surface area contributed by atoms with Gasteiger partial charge in [0.05, 0.1) is 44.3 Å². The van der Waals surface area contributed by atoms with Gasteiger partial charge in [-0.3, -0.25) is 0 Å². The fraction of sp³-hybridized carbons (Fsp3) is 0.0250. The standard InChI is InChI=1S/C80H47N5O3/c1-7-22-67-53(16-1)59-43-76-62(56-19-4-10-25-73(56)86-76)40-70(59)83(67)50-33-28-46(29-34-50)48-32-37-66-65(39-48)79(49-14-13-15-52(38-49)85-69-24-9-3-18-55(69)61-45-78-64(42-72(61)85)58-21-6-12-27-75(58)88-78)82-80(81-66)47-30-35-51(36-31-47)84-68-23-8-2-17-54(68)60-44-77-63(41-71(60)84)57-20-5-11-26-74(57)87-77/h1-12,15-45H,13-14H2. The molecule has 0 unspecified atom stereocenters. The Morgan fingerprint density at radius 3 is 1.22 bits per heavy atom. The second-order valence-electron chi connectivity index (χ2n) is 23.5. The van der Waals surface area contributed by atoms with Crippen molar-refractivity contribution in [1.29, 1.82) is 0 Å². The summed E-state index contributed by atoms with van der Waals surface area (Å²) in [6.45, 7) is 0. The van der Waals surface area contributed by atoms with Crippen molar-refractivity contribution in [3.05, 3.63) is 267 Å². The molecule has 8 nitrogen and oxygen atoms in total. The molecule has 88 heavy (non-hydrogen) atoms. The van der Waals surface area contributed by atoms with Crippen molar-refractivity contribution in [3.8, 4) is 33.9 Å². The van der Waals surface area contributed by atoms with Gasteiger partial charge in [0.25, 0.3) is 0 Å². The molecule has 0 N–H and O–H groups in total.